The van der Waals surface area contributed by atoms with Crippen LogP contribution in [0.15, 0.2) is 57.7 Å². The number of hydrogen-bond donors (Lipinski definition) is 1. The Morgan fingerprint density at radius 2 is 1.83 bits per heavy atom. The van der Waals surface area contributed by atoms with Gasteiger partial charge in [0.15, 0.2) is 6.61 Å². The number of carbonyl (C=O) groups excluding carboxylic acids is 1. The summed E-state index contributed by atoms with van der Waals surface area (Å²) in [6.45, 7) is 5.75. The number of ether oxygens (including phenoxy) is 1. The molecule has 0 spiro atoms. The lowest BCUT2D eigenvalue weighted by atomic mass is 10.1. The Labute approximate surface area is 201 Å². The van der Waals surface area contributed by atoms with Crippen LogP contribution in [0.2, 0.25) is 0 Å². The average molecular weight is 483 g/mol. The Bertz CT molecular complexity index is 1290. The van der Waals surface area contributed by atoms with Crippen LogP contribution in [0.4, 0.5) is 4.39 Å². The van der Waals surface area contributed by atoms with Gasteiger partial charge in [-0.05, 0) is 49.2 Å². The molecule has 9 heteroatoms. The number of carbonyl (C=O) groups is 2. The van der Waals surface area contributed by atoms with E-state index < -0.39 is 11.6 Å². The minimum atomic E-state index is -1.05. The number of nitrogens with zero attached hydrogens (tertiary/aromatic N) is 2. The molecule has 1 N–H and O–H groups in total. The van der Waals surface area contributed by atoms with E-state index in [1.165, 1.54) is 24.3 Å². The fourth-order valence-corrected chi connectivity index (χ4v) is 4.43. The zero-order valence-corrected chi connectivity index (χ0v) is 19.6. The number of amides is 1. The fourth-order valence-electron chi connectivity index (χ4n) is 4.43. The van der Waals surface area contributed by atoms with Crippen molar-refractivity contribution in [3.63, 3.8) is 0 Å². The minimum Gasteiger partial charge on any atom is -0.484 e. The molecule has 1 saturated heterocycles. The van der Waals surface area contributed by atoms with Crippen LogP contribution in [-0.2, 0) is 22.6 Å². The minimum absolute atomic E-state index is 0.0315. The van der Waals surface area contributed by atoms with E-state index in [-0.39, 0.29) is 42.4 Å². The Hall–Kier alpha value is -3.72. The molecular formula is C26H27FN2O6. The molecule has 8 nitrogen and oxygen atoms in total. The normalized spacial score (nSPS) is 18.5. The maximum atomic E-state index is 13.2. The van der Waals surface area contributed by atoms with Crippen LogP contribution in [0.3, 0.4) is 0 Å². The molecule has 1 aliphatic rings. The molecule has 35 heavy (non-hydrogen) atoms. The van der Waals surface area contributed by atoms with Gasteiger partial charge in [0.25, 0.3) is 5.91 Å². The Kier molecular flexibility index (Phi) is 7.16. The van der Waals surface area contributed by atoms with Gasteiger partial charge in [-0.15, -0.1) is 0 Å². The molecule has 0 aliphatic carbocycles. The first-order valence-electron chi connectivity index (χ1n) is 11.4. The van der Waals surface area contributed by atoms with E-state index in [0.717, 1.165) is 5.56 Å². The lowest BCUT2D eigenvalue weighted by Crippen LogP contribution is -2.58. The highest BCUT2D eigenvalue weighted by molar-refractivity contribution is 5.85. The second kappa shape index (κ2) is 10.3. The first kappa shape index (κ1) is 24.4. The standard InChI is InChI=1S/C26H27FN2O6/c1-16-13-29(17(2)12-28(16)14-18-3-5-20(27)6-4-18)24(30)15-34-21-7-8-22-19(9-25(31)32)10-26(33)35-23(22)11-21/h3-8,10-11,16-17H,9,12-15H2,1-2H3,(H,31,32). The molecule has 184 valence electrons. The van der Waals surface area contributed by atoms with E-state index in [9.17, 15) is 18.8 Å². The van der Waals surface area contributed by atoms with Crippen molar-refractivity contribution in [3.8, 4) is 5.75 Å². The van der Waals surface area contributed by atoms with Gasteiger partial charge < -0.3 is 19.2 Å². The van der Waals surface area contributed by atoms with E-state index >= 15 is 0 Å². The molecular weight excluding hydrogens is 455 g/mol. The molecule has 2 unspecified atom stereocenters. The second-order valence-corrected chi connectivity index (χ2v) is 8.91. The van der Waals surface area contributed by atoms with E-state index in [2.05, 4.69) is 11.8 Å². The number of benzene rings is 2. The largest absolute Gasteiger partial charge is 0.484 e. The predicted molar refractivity (Wildman–Crippen MR) is 127 cm³/mol. The van der Waals surface area contributed by atoms with E-state index in [4.69, 9.17) is 14.3 Å². The molecule has 2 aromatic carbocycles. The van der Waals surface area contributed by atoms with Crippen LogP contribution in [0.1, 0.15) is 25.0 Å². The first-order valence-corrected chi connectivity index (χ1v) is 11.4. The van der Waals surface area contributed by atoms with Gasteiger partial charge >= 0.3 is 11.6 Å². The van der Waals surface area contributed by atoms with Gasteiger partial charge in [-0.3, -0.25) is 14.5 Å². The van der Waals surface area contributed by atoms with Crippen molar-refractivity contribution in [2.45, 2.75) is 38.9 Å². The highest BCUT2D eigenvalue weighted by Gasteiger charge is 2.32. The van der Waals surface area contributed by atoms with E-state index in [0.29, 0.717) is 36.3 Å². The smallest absolute Gasteiger partial charge is 0.336 e. The van der Waals surface area contributed by atoms with Gasteiger partial charge in [0.05, 0.1) is 6.42 Å². The lowest BCUT2D eigenvalue weighted by molar-refractivity contribution is -0.139. The fraction of sp³-hybridized carbons (Fsp3) is 0.346. The summed E-state index contributed by atoms with van der Waals surface area (Å²) in [6, 6.07) is 12.4. The summed E-state index contributed by atoms with van der Waals surface area (Å²) in [6.07, 6.45) is -0.302. The molecule has 0 bridgehead atoms. The summed E-state index contributed by atoms with van der Waals surface area (Å²) in [5.41, 5.74) is 0.925. The molecule has 1 aromatic heterocycles. The SMILES string of the molecule is CC1CN(C(=O)COc2ccc3c(CC(=O)O)cc(=O)oc3c2)C(C)CN1Cc1ccc(F)cc1. The lowest BCUT2D eigenvalue weighted by Gasteiger charge is -2.44. The molecule has 3 aromatic rings. The third-order valence-electron chi connectivity index (χ3n) is 6.24. The highest BCUT2D eigenvalue weighted by Crippen LogP contribution is 2.24. The van der Waals surface area contributed by atoms with Crippen molar-refractivity contribution >= 4 is 22.8 Å². The van der Waals surface area contributed by atoms with Gasteiger partial charge in [0.2, 0.25) is 0 Å². The second-order valence-electron chi connectivity index (χ2n) is 8.91. The molecule has 2 atom stereocenters. The maximum absolute atomic E-state index is 13.2. The van der Waals surface area contributed by atoms with Crippen molar-refractivity contribution in [2.75, 3.05) is 19.7 Å². The van der Waals surface area contributed by atoms with Gasteiger partial charge in [-0.2, -0.15) is 0 Å². The van der Waals surface area contributed by atoms with Gasteiger partial charge in [0.1, 0.15) is 17.1 Å². The summed E-state index contributed by atoms with van der Waals surface area (Å²) in [7, 11) is 0. The Balaban J connectivity index is 1.38. The Morgan fingerprint density at radius 1 is 1.09 bits per heavy atom. The number of carboxylic acids is 1. The number of halogens is 1. The number of piperazine rings is 1. The summed E-state index contributed by atoms with van der Waals surface area (Å²) < 4.78 is 24.1. The molecule has 1 amide bonds. The Morgan fingerprint density at radius 3 is 2.54 bits per heavy atom. The summed E-state index contributed by atoms with van der Waals surface area (Å²) in [5, 5.41) is 9.57. The number of rotatable bonds is 7. The van der Waals surface area contributed by atoms with Crippen molar-refractivity contribution in [1.29, 1.82) is 0 Å². The molecule has 1 fully saturated rings. The monoisotopic (exact) mass is 482 g/mol. The van der Waals surface area contributed by atoms with Crippen molar-refractivity contribution in [3.05, 3.63) is 75.9 Å². The third kappa shape index (κ3) is 5.86. The quantitative estimate of drug-likeness (QED) is 0.517. The van der Waals surface area contributed by atoms with Crippen LogP contribution in [0.5, 0.6) is 5.75 Å². The number of fused-ring (bicyclic) bond motifs is 1. The molecule has 2 heterocycles. The molecule has 0 radical (unpaired) electrons. The zero-order chi connectivity index (χ0) is 25.1. The maximum Gasteiger partial charge on any atom is 0.336 e. The zero-order valence-electron chi connectivity index (χ0n) is 19.6. The highest BCUT2D eigenvalue weighted by atomic mass is 19.1. The van der Waals surface area contributed by atoms with Gasteiger partial charge in [0, 0.05) is 49.2 Å². The number of carboxylic acid groups (broad SMARTS) is 1. The molecule has 4 rings (SSSR count). The van der Waals surface area contributed by atoms with Crippen LogP contribution in [0.25, 0.3) is 11.0 Å². The topological polar surface area (TPSA) is 100 Å². The summed E-state index contributed by atoms with van der Waals surface area (Å²) in [4.78, 5) is 39.9. The summed E-state index contributed by atoms with van der Waals surface area (Å²) in [5.74, 6) is -1.13. The van der Waals surface area contributed by atoms with Crippen molar-refractivity contribution in [1.82, 2.24) is 9.80 Å². The van der Waals surface area contributed by atoms with Crippen LogP contribution in [-0.4, -0.2) is 58.6 Å². The number of aliphatic carboxylic acids is 1. The van der Waals surface area contributed by atoms with Gasteiger partial charge in [-0.1, -0.05) is 12.1 Å². The average Bonchev–Trinajstić information content (AvgIpc) is 2.80. The van der Waals surface area contributed by atoms with Crippen molar-refractivity contribution in [2.24, 2.45) is 0 Å². The van der Waals surface area contributed by atoms with Crippen LogP contribution < -0.4 is 10.4 Å². The van der Waals surface area contributed by atoms with Crippen LogP contribution in [0, 0.1) is 5.82 Å². The van der Waals surface area contributed by atoms with Crippen LogP contribution >= 0.6 is 0 Å². The first-order chi connectivity index (χ1) is 16.7. The van der Waals surface area contributed by atoms with E-state index in [1.54, 1.807) is 29.2 Å². The van der Waals surface area contributed by atoms with Gasteiger partial charge in [-0.25, -0.2) is 9.18 Å². The van der Waals surface area contributed by atoms with Crippen molar-refractivity contribution < 1.29 is 28.2 Å². The predicted octanol–water partition coefficient (Wildman–Crippen LogP) is 3.06. The summed E-state index contributed by atoms with van der Waals surface area (Å²) >= 11 is 0. The molecule has 0 saturated carbocycles. The van der Waals surface area contributed by atoms with E-state index in [1.807, 2.05) is 6.92 Å². The number of hydrogen-bond acceptors (Lipinski definition) is 6. The molecule has 1 aliphatic heterocycles. The third-order valence-corrected chi connectivity index (χ3v) is 6.24.